The fourth-order valence-corrected chi connectivity index (χ4v) is 1.29. The molecule has 2 aromatic rings. The van der Waals surface area contributed by atoms with E-state index in [0.29, 0.717) is 11.3 Å². The molecule has 0 aliphatic heterocycles. The number of halogens is 3. The van der Waals surface area contributed by atoms with E-state index in [1.54, 1.807) is 13.2 Å². The lowest BCUT2D eigenvalue weighted by Gasteiger charge is -1.99. The van der Waals surface area contributed by atoms with E-state index in [4.69, 9.17) is 11.6 Å². The Morgan fingerprint density at radius 2 is 1.87 bits per heavy atom. The molecule has 0 saturated heterocycles. The van der Waals surface area contributed by atoms with Gasteiger partial charge in [0.25, 0.3) is 0 Å². The Labute approximate surface area is 89.3 Å². The predicted molar refractivity (Wildman–Crippen MR) is 51.4 cm³/mol. The lowest BCUT2D eigenvalue weighted by atomic mass is 10.1. The topological polar surface area (TPSA) is 30.7 Å². The molecule has 0 aliphatic carbocycles. The van der Waals surface area contributed by atoms with Crippen LogP contribution in [0.4, 0.5) is 8.78 Å². The van der Waals surface area contributed by atoms with E-state index in [-0.39, 0.29) is 0 Å². The monoisotopic (exact) mass is 229 g/mol. The summed E-state index contributed by atoms with van der Waals surface area (Å²) in [6, 6.07) is 2.24. The van der Waals surface area contributed by atoms with Gasteiger partial charge < -0.3 is 0 Å². The predicted octanol–water partition coefficient (Wildman–Crippen LogP) is 2.41. The molecule has 78 valence electrons. The van der Waals surface area contributed by atoms with Crippen molar-refractivity contribution < 1.29 is 8.78 Å². The van der Waals surface area contributed by atoms with Crippen LogP contribution in [0.2, 0.25) is 5.02 Å². The minimum absolute atomic E-state index is 0.308. The van der Waals surface area contributed by atoms with Crippen LogP contribution < -0.4 is 0 Å². The molecule has 0 radical (unpaired) electrons. The molecule has 3 nitrogen and oxygen atoms in total. The van der Waals surface area contributed by atoms with Crippen molar-refractivity contribution in [2.45, 2.75) is 0 Å². The first-order valence-corrected chi connectivity index (χ1v) is 4.47. The molecular formula is C9H6ClF2N3. The Balaban J connectivity index is 2.55. The smallest absolute Gasteiger partial charge is 0.145 e. The van der Waals surface area contributed by atoms with Crippen LogP contribution >= 0.6 is 11.6 Å². The van der Waals surface area contributed by atoms with Gasteiger partial charge in [0.15, 0.2) is 0 Å². The number of hydrogen-bond acceptors (Lipinski definition) is 2. The highest BCUT2D eigenvalue weighted by Crippen LogP contribution is 2.25. The minimum Gasteiger partial charge on any atom is -0.255 e. The summed E-state index contributed by atoms with van der Waals surface area (Å²) in [5.41, 5.74) is 0.703. The number of aryl methyl sites for hydroxylation is 1. The van der Waals surface area contributed by atoms with Crippen LogP contribution in [0.5, 0.6) is 0 Å². The van der Waals surface area contributed by atoms with Gasteiger partial charge in [-0.05, 0) is 12.1 Å². The third-order valence-corrected chi connectivity index (χ3v) is 2.24. The zero-order valence-corrected chi connectivity index (χ0v) is 8.46. The van der Waals surface area contributed by atoms with Gasteiger partial charge in [0, 0.05) is 12.6 Å². The van der Waals surface area contributed by atoms with Gasteiger partial charge in [-0.15, -0.1) is 5.10 Å². The van der Waals surface area contributed by atoms with E-state index in [2.05, 4.69) is 10.3 Å². The highest BCUT2D eigenvalue weighted by Gasteiger charge is 2.11. The van der Waals surface area contributed by atoms with Crippen molar-refractivity contribution >= 4 is 11.6 Å². The normalized spacial score (nSPS) is 10.7. The van der Waals surface area contributed by atoms with Crippen LogP contribution in [0, 0.1) is 11.6 Å². The molecule has 15 heavy (non-hydrogen) atoms. The van der Waals surface area contributed by atoms with Crippen molar-refractivity contribution in [1.82, 2.24) is 15.0 Å². The molecule has 0 amide bonds. The summed E-state index contributed by atoms with van der Waals surface area (Å²) in [7, 11) is 1.67. The van der Waals surface area contributed by atoms with Crippen LogP contribution in [0.1, 0.15) is 0 Å². The van der Waals surface area contributed by atoms with Crippen LogP contribution in [0.15, 0.2) is 18.3 Å². The Hall–Kier alpha value is -1.49. The van der Waals surface area contributed by atoms with Crippen molar-refractivity contribution in [2.75, 3.05) is 0 Å². The molecule has 2 rings (SSSR count). The number of nitrogens with zero attached hydrogens (tertiary/aromatic N) is 3. The van der Waals surface area contributed by atoms with E-state index >= 15 is 0 Å². The van der Waals surface area contributed by atoms with E-state index in [1.165, 1.54) is 4.68 Å². The fourth-order valence-electron chi connectivity index (χ4n) is 1.18. The second-order valence-corrected chi connectivity index (χ2v) is 3.41. The molecule has 1 aromatic carbocycles. The molecule has 0 bridgehead atoms. The summed E-state index contributed by atoms with van der Waals surface area (Å²) in [5.74, 6) is -1.62. The standard InChI is InChI=1S/C9H6ClF2N3/c1-15-4-8(13-14-15)5-2-6(11)9(10)7(12)3-5/h2-4H,1H3. The Bertz CT molecular complexity index is 487. The van der Waals surface area contributed by atoms with Crippen molar-refractivity contribution in [3.63, 3.8) is 0 Å². The lowest BCUT2D eigenvalue weighted by molar-refractivity contribution is 0.585. The molecule has 1 heterocycles. The van der Waals surface area contributed by atoms with Gasteiger partial charge in [0.2, 0.25) is 0 Å². The maximum absolute atomic E-state index is 13.1. The lowest BCUT2D eigenvalue weighted by Crippen LogP contribution is -1.87. The molecular weight excluding hydrogens is 224 g/mol. The summed E-state index contributed by atoms with van der Waals surface area (Å²) in [6.45, 7) is 0. The Morgan fingerprint density at radius 1 is 1.27 bits per heavy atom. The molecule has 0 N–H and O–H groups in total. The van der Waals surface area contributed by atoms with Gasteiger partial charge in [-0.1, -0.05) is 16.8 Å². The highest BCUT2D eigenvalue weighted by molar-refractivity contribution is 6.30. The molecule has 0 aliphatic rings. The first-order valence-electron chi connectivity index (χ1n) is 4.09. The Kier molecular flexibility index (Phi) is 2.40. The maximum Gasteiger partial charge on any atom is 0.145 e. The average molecular weight is 230 g/mol. The van der Waals surface area contributed by atoms with Crippen LogP contribution in [0.3, 0.4) is 0 Å². The van der Waals surface area contributed by atoms with Gasteiger partial charge in [-0.2, -0.15) is 0 Å². The van der Waals surface area contributed by atoms with E-state index in [0.717, 1.165) is 12.1 Å². The summed E-state index contributed by atoms with van der Waals surface area (Å²) >= 11 is 5.35. The van der Waals surface area contributed by atoms with Gasteiger partial charge in [-0.3, -0.25) is 4.68 Å². The Morgan fingerprint density at radius 3 is 2.33 bits per heavy atom. The summed E-state index contributed by atoms with van der Waals surface area (Å²) in [4.78, 5) is 0. The number of rotatable bonds is 1. The largest absolute Gasteiger partial charge is 0.255 e. The number of benzene rings is 1. The van der Waals surface area contributed by atoms with E-state index in [9.17, 15) is 8.78 Å². The summed E-state index contributed by atoms with van der Waals surface area (Å²) < 4.78 is 27.7. The molecule has 0 spiro atoms. The average Bonchev–Trinajstić information content (AvgIpc) is 2.60. The third kappa shape index (κ3) is 1.83. The van der Waals surface area contributed by atoms with Gasteiger partial charge in [-0.25, -0.2) is 8.78 Å². The molecule has 0 unspecified atom stereocenters. The van der Waals surface area contributed by atoms with Crippen molar-refractivity contribution in [3.8, 4) is 11.3 Å². The van der Waals surface area contributed by atoms with Gasteiger partial charge in [0.05, 0.1) is 6.20 Å². The molecule has 0 saturated carbocycles. The fraction of sp³-hybridized carbons (Fsp3) is 0.111. The van der Waals surface area contributed by atoms with Crippen molar-refractivity contribution in [1.29, 1.82) is 0 Å². The van der Waals surface area contributed by atoms with E-state index in [1.807, 2.05) is 0 Å². The van der Waals surface area contributed by atoms with Gasteiger partial charge >= 0.3 is 0 Å². The first-order chi connectivity index (χ1) is 7.08. The maximum atomic E-state index is 13.1. The van der Waals surface area contributed by atoms with Crippen molar-refractivity contribution in [2.24, 2.45) is 7.05 Å². The van der Waals surface area contributed by atoms with Crippen LogP contribution in [-0.2, 0) is 7.05 Å². The molecule has 1 aromatic heterocycles. The van der Waals surface area contributed by atoms with E-state index < -0.39 is 16.7 Å². The quantitative estimate of drug-likeness (QED) is 0.703. The molecule has 6 heteroatoms. The van der Waals surface area contributed by atoms with Crippen molar-refractivity contribution in [3.05, 3.63) is 35.0 Å². The second kappa shape index (κ2) is 3.58. The molecule has 0 atom stereocenters. The second-order valence-electron chi connectivity index (χ2n) is 3.03. The third-order valence-electron chi connectivity index (χ3n) is 1.88. The number of aromatic nitrogens is 3. The zero-order chi connectivity index (χ0) is 11.0. The van der Waals surface area contributed by atoms with Crippen LogP contribution in [0.25, 0.3) is 11.3 Å². The highest BCUT2D eigenvalue weighted by atomic mass is 35.5. The zero-order valence-electron chi connectivity index (χ0n) is 7.71. The molecule has 0 fully saturated rings. The van der Waals surface area contributed by atoms with Gasteiger partial charge in [0.1, 0.15) is 22.4 Å². The SMILES string of the molecule is Cn1cc(-c2cc(F)c(Cl)c(F)c2)nn1. The minimum atomic E-state index is -0.808. The first kappa shape index (κ1) is 10.0. The van der Waals surface area contributed by atoms with Crippen LogP contribution in [-0.4, -0.2) is 15.0 Å². The number of hydrogen-bond donors (Lipinski definition) is 0. The summed E-state index contributed by atoms with van der Waals surface area (Å²) in [5, 5.41) is 6.89. The summed E-state index contributed by atoms with van der Waals surface area (Å²) in [6.07, 6.45) is 1.56.